The number of hydrogen-bond donors (Lipinski definition) is 1. The van der Waals surface area contributed by atoms with Crippen LogP contribution in [0.1, 0.15) is 16.8 Å². The molecule has 4 nitrogen and oxygen atoms in total. The molecule has 0 aliphatic heterocycles. The average Bonchev–Trinajstić information content (AvgIpc) is 2.59. The first-order chi connectivity index (χ1) is 12.3. The molecule has 3 rings (SSSR count). The van der Waals surface area contributed by atoms with E-state index in [1.165, 1.54) is 36.4 Å². The normalized spacial score (nSPS) is 11.4. The van der Waals surface area contributed by atoms with Gasteiger partial charge < -0.3 is 4.74 Å². The van der Waals surface area contributed by atoms with Crippen LogP contribution in [-0.4, -0.2) is 10.2 Å². The molecule has 3 aromatic rings. The van der Waals surface area contributed by atoms with Gasteiger partial charge in [-0.05, 0) is 42.0 Å². The van der Waals surface area contributed by atoms with Crippen molar-refractivity contribution in [3.05, 3.63) is 87.6 Å². The Balaban J connectivity index is 1.84. The molecule has 0 aliphatic carbocycles. The summed E-state index contributed by atoms with van der Waals surface area (Å²) in [5.74, 6) is -1.04. The maximum absolute atomic E-state index is 14.0. The topological polar surface area (TPSA) is 55.0 Å². The summed E-state index contributed by atoms with van der Waals surface area (Å²) in [6.07, 6.45) is -4.23. The van der Waals surface area contributed by atoms with E-state index >= 15 is 0 Å². The summed E-state index contributed by atoms with van der Waals surface area (Å²) >= 11 is 0. The molecule has 0 saturated carbocycles. The molecule has 0 fully saturated rings. The Hall–Kier alpha value is -3.16. The molecule has 0 bridgehead atoms. The molecular weight excluding hydrogens is 352 g/mol. The fourth-order valence-electron chi connectivity index (χ4n) is 2.28. The van der Waals surface area contributed by atoms with Crippen molar-refractivity contribution in [2.24, 2.45) is 0 Å². The minimum absolute atomic E-state index is 0.127. The van der Waals surface area contributed by atoms with Crippen LogP contribution in [0.3, 0.4) is 0 Å². The molecule has 1 N–H and O–H groups in total. The molecule has 1 heterocycles. The van der Waals surface area contributed by atoms with Gasteiger partial charge in [-0.1, -0.05) is 12.1 Å². The van der Waals surface area contributed by atoms with E-state index in [4.69, 9.17) is 4.74 Å². The fraction of sp³-hybridized carbons (Fsp3) is 0.111. The van der Waals surface area contributed by atoms with Crippen LogP contribution in [0.2, 0.25) is 0 Å². The number of nitrogens with one attached hydrogen (secondary N) is 1. The zero-order valence-electron chi connectivity index (χ0n) is 13.2. The van der Waals surface area contributed by atoms with Gasteiger partial charge in [-0.25, -0.2) is 9.49 Å². The first kappa shape index (κ1) is 17.7. The van der Waals surface area contributed by atoms with Crippen molar-refractivity contribution >= 4 is 0 Å². The summed E-state index contributed by atoms with van der Waals surface area (Å²) < 4.78 is 57.5. The van der Waals surface area contributed by atoms with E-state index in [1.54, 1.807) is 0 Å². The SMILES string of the molecule is O=c1ccc(Cc2ccc(F)c(Oc3cccc(C(F)(F)F)c3)c2)n[nH]1. The van der Waals surface area contributed by atoms with Gasteiger partial charge in [-0.15, -0.1) is 0 Å². The first-order valence-electron chi connectivity index (χ1n) is 7.49. The summed E-state index contributed by atoms with van der Waals surface area (Å²) in [5, 5.41) is 6.14. The average molecular weight is 364 g/mol. The zero-order chi connectivity index (χ0) is 18.7. The molecule has 2 aromatic carbocycles. The number of H-pyrrole nitrogens is 1. The summed E-state index contributed by atoms with van der Waals surface area (Å²) in [6, 6.07) is 11.1. The smallest absolute Gasteiger partial charge is 0.416 e. The van der Waals surface area contributed by atoms with E-state index in [-0.39, 0.29) is 23.5 Å². The van der Waals surface area contributed by atoms with Gasteiger partial charge in [-0.2, -0.15) is 18.3 Å². The largest absolute Gasteiger partial charge is 0.454 e. The number of alkyl halides is 3. The quantitative estimate of drug-likeness (QED) is 0.702. The lowest BCUT2D eigenvalue weighted by Crippen LogP contribution is -2.07. The number of ether oxygens (including phenoxy) is 1. The van der Waals surface area contributed by atoms with Crippen molar-refractivity contribution in [1.82, 2.24) is 10.2 Å². The van der Waals surface area contributed by atoms with E-state index in [0.717, 1.165) is 18.2 Å². The van der Waals surface area contributed by atoms with E-state index < -0.39 is 17.6 Å². The number of aromatic nitrogens is 2. The van der Waals surface area contributed by atoms with Crippen LogP contribution in [0, 0.1) is 5.82 Å². The van der Waals surface area contributed by atoms with E-state index in [1.807, 2.05) is 0 Å². The molecule has 134 valence electrons. The van der Waals surface area contributed by atoms with E-state index in [9.17, 15) is 22.4 Å². The van der Waals surface area contributed by atoms with E-state index in [2.05, 4.69) is 10.2 Å². The highest BCUT2D eigenvalue weighted by atomic mass is 19.4. The van der Waals surface area contributed by atoms with Gasteiger partial charge in [0, 0.05) is 12.5 Å². The number of halogens is 4. The Labute approximate surface area is 145 Å². The van der Waals surface area contributed by atoms with Crippen LogP contribution in [-0.2, 0) is 12.6 Å². The van der Waals surface area contributed by atoms with Crippen molar-refractivity contribution in [2.45, 2.75) is 12.6 Å². The van der Waals surface area contributed by atoms with Crippen LogP contribution in [0.4, 0.5) is 17.6 Å². The summed E-state index contributed by atoms with van der Waals surface area (Å²) in [5.41, 5.74) is -0.0698. The lowest BCUT2D eigenvalue weighted by molar-refractivity contribution is -0.137. The molecule has 0 radical (unpaired) electrons. The predicted molar refractivity (Wildman–Crippen MR) is 85.6 cm³/mol. The van der Waals surface area contributed by atoms with Crippen molar-refractivity contribution in [2.75, 3.05) is 0 Å². The highest BCUT2D eigenvalue weighted by Crippen LogP contribution is 2.33. The molecule has 0 saturated heterocycles. The number of hydrogen-bond acceptors (Lipinski definition) is 3. The maximum Gasteiger partial charge on any atom is 0.416 e. The minimum atomic E-state index is -4.52. The molecule has 0 amide bonds. The third-order valence-electron chi connectivity index (χ3n) is 3.51. The van der Waals surface area contributed by atoms with E-state index in [0.29, 0.717) is 11.3 Å². The van der Waals surface area contributed by atoms with Crippen molar-refractivity contribution < 1.29 is 22.3 Å². The van der Waals surface area contributed by atoms with Gasteiger partial charge >= 0.3 is 6.18 Å². The molecule has 0 spiro atoms. The fourth-order valence-corrected chi connectivity index (χ4v) is 2.28. The monoisotopic (exact) mass is 364 g/mol. The maximum atomic E-state index is 14.0. The van der Waals surface area contributed by atoms with Gasteiger partial charge in [0.25, 0.3) is 5.56 Å². The Morgan fingerprint density at radius 1 is 1.04 bits per heavy atom. The van der Waals surface area contributed by atoms with Crippen molar-refractivity contribution in [3.63, 3.8) is 0 Å². The van der Waals surface area contributed by atoms with Gasteiger partial charge in [0.2, 0.25) is 0 Å². The molecule has 0 unspecified atom stereocenters. The van der Waals surface area contributed by atoms with Crippen molar-refractivity contribution in [1.29, 1.82) is 0 Å². The second kappa shape index (κ2) is 6.99. The predicted octanol–water partition coefficient (Wildman–Crippen LogP) is 4.31. The molecule has 8 heteroatoms. The summed E-state index contributed by atoms with van der Waals surface area (Å²) in [7, 11) is 0. The van der Waals surface area contributed by atoms with Crippen molar-refractivity contribution in [3.8, 4) is 11.5 Å². The molecular formula is C18H12F4N2O2. The standard InChI is InChI=1S/C18H12F4N2O2/c19-15-6-4-11(8-13-5-7-17(25)24-23-13)9-16(15)26-14-3-1-2-12(10-14)18(20,21)22/h1-7,9-10H,8H2,(H,24,25). The summed E-state index contributed by atoms with van der Waals surface area (Å²) in [6.45, 7) is 0. The number of aromatic amines is 1. The Morgan fingerprint density at radius 3 is 2.54 bits per heavy atom. The van der Waals surface area contributed by atoms with Gasteiger partial charge in [0.1, 0.15) is 5.75 Å². The lowest BCUT2D eigenvalue weighted by Gasteiger charge is -2.11. The second-order valence-corrected chi connectivity index (χ2v) is 5.48. The molecule has 1 aromatic heterocycles. The van der Waals surface area contributed by atoms with Crippen LogP contribution in [0.5, 0.6) is 11.5 Å². The van der Waals surface area contributed by atoms with Crippen LogP contribution < -0.4 is 10.3 Å². The van der Waals surface area contributed by atoms with Gasteiger partial charge in [-0.3, -0.25) is 4.79 Å². The number of benzene rings is 2. The molecule has 26 heavy (non-hydrogen) atoms. The lowest BCUT2D eigenvalue weighted by atomic mass is 10.1. The highest BCUT2D eigenvalue weighted by Gasteiger charge is 2.30. The minimum Gasteiger partial charge on any atom is -0.454 e. The third kappa shape index (κ3) is 4.27. The Morgan fingerprint density at radius 2 is 1.85 bits per heavy atom. The Bertz CT molecular complexity index is 963. The third-order valence-corrected chi connectivity index (χ3v) is 3.51. The first-order valence-corrected chi connectivity index (χ1v) is 7.49. The van der Waals surface area contributed by atoms with Crippen LogP contribution in [0.25, 0.3) is 0 Å². The number of nitrogens with zero attached hydrogens (tertiary/aromatic N) is 1. The zero-order valence-corrected chi connectivity index (χ0v) is 13.2. The molecule has 0 aliphatic rings. The van der Waals surface area contributed by atoms with Crippen LogP contribution in [0.15, 0.2) is 59.4 Å². The van der Waals surface area contributed by atoms with Gasteiger partial charge in [0.15, 0.2) is 11.6 Å². The second-order valence-electron chi connectivity index (χ2n) is 5.48. The highest BCUT2D eigenvalue weighted by molar-refractivity contribution is 5.38. The Kier molecular flexibility index (Phi) is 4.75. The van der Waals surface area contributed by atoms with Crippen LogP contribution >= 0.6 is 0 Å². The summed E-state index contributed by atoms with van der Waals surface area (Å²) in [4.78, 5) is 11.0. The molecule has 0 atom stereocenters. The van der Waals surface area contributed by atoms with Gasteiger partial charge in [0.05, 0.1) is 11.3 Å². The number of rotatable bonds is 4.